The van der Waals surface area contributed by atoms with Crippen molar-refractivity contribution < 1.29 is 19.5 Å². The van der Waals surface area contributed by atoms with Crippen molar-refractivity contribution in [3.8, 4) is 0 Å². The maximum atomic E-state index is 12.6. The second kappa shape index (κ2) is 11.9. The topological polar surface area (TPSA) is 172 Å². The first-order valence-electron chi connectivity index (χ1n) is 11.7. The third-order valence-electron chi connectivity index (χ3n) is 6.05. The van der Waals surface area contributed by atoms with Crippen molar-refractivity contribution in [3.05, 3.63) is 52.6 Å². The van der Waals surface area contributed by atoms with Crippen molar-refractivity contribution in [2.24, 2.45) is 11.7 Å². The number of nitrogens with two attached hydrogens (primary N) is 1. The van der Waals surface area contributed by atoms with Crippen molar-refractivity contribution >= 4 is 29.2 Å². The Kier molecular flexibility index (Phi) is 8.91. The number of nitrogens with zero attached hydrogens (tertiary/aromatic N) is 3. The molecule has 2 atom stereocenters. The summed E-state index contributed by atoms with van der Waals surface area (Å²) in [5.74, 6) is -0.830. The summed E-state index contributed by atoms with van der Waals surface area (Å²) >= 11 is 0. The number of nitrogens with one attached hydrogen (secondary N) is 3. The Morgan fingerprint density at radius 1 is 1.28 bits per heavy atom. The van der Waals surface area contributed by atoms with Gasteiger partial charge in [-0.25, -0.2) is 4.79 Å². The highest BCUT2D eigenvalue weighted by molar-refractivity contribution is 6.04. The normalized spacial score (nSPS) is 17.1. The fraction of sp³-hybridized carbons (Fsp3) is 0.458. The second-order valence-corrected chi connectivity index (χ2v) is 9.18. The van der Waals surface area contributed by atoms with Crippen LogP contribution in [0.15, 0.2) is 41.3 Å². The fourth-order valence-corrected chi connectivity index (χ4v) is 3.78. The summed E-state index contributed by atoms with van der Waals surface area (Å²) in [6.07, 6.45) is 3.54. The smallest absolute Gasteiger partial charge is 0.349 e. The minimum Gasteiger partial charge on any atom is -0.394 e. The van der Waals surface area contributed by atoms with Crippen LogP contribution in [-0.4, -0.2) is 71.2 Å². The van der Waals surface area contributed by atoms with Crippen molar-refractivity contribution in [2.75, 3.05) is 43.5 Å². The molecule has 3 rings (SSSR count). The summed E-state index contributed by atoms with van der Waals surface area (Å²) in [4.78, 5) is 54.6. The van der Waals surface area contributed by atoms with Gasteiger partial charge in [0.1, 0.15) is 17.9 Å². The van der Waals surface area contributed by atoms with Gasteiger partial charge in [0, 0.05) is 31.0 Å². The number of aromatic nitrogens is 2. The van der Waals surface area contributed by atoms with Crippen LogP contribution in [0.25, 0.3) is 0 Å². The maximum Gasteiger partial charge on any atom is 0.349 e. The number of anilines is 2. The first-order valence-corrected chi connectivity index (χ1v) is 11.7. The van der Waals surface area contributed by atoms with Crippen molar-refractivity contribution in [2.45, 2.75) is 31.8 Å². The molecule has 12 nitrogen and oxygen atoms in total. The van der Waals surface area contributed by atoms with E-state index in [9.17, 15) is 24.3 Å². The SMILES string of the molecule is CN(C(=O)C(C)(N)CO)c1ccc(C(=O)Nc2ccn(CC(=O)NCC3CCCNC3)c(=O)n2)cc1. The Labute approximate surface area is 208 Å². The van der Waals surface area contributed by atoms with E-state index in [1.54, 1.807) is 12.1 Å². The van der Waals surface area contributed by atoms with Crippen LogP contribution in [0.2, 0.25) is 0 Å². The number of hydrogen-bond donors (Lipinski definition) is 5. The van der Waals surface area contributed by atoms with Crippen LogP contribution in [0, 0.1) is 5.92 Å². The van der Waals surface area contributed by atoms with Gasteiger partial charge in [-0.2, -0.15) is 4.98 Å². The zero-order valence-electron chi connectivity index (χ0n) is 20.5. The number of aliphatic hydroxyl groups is 1. The predicted molar refractivity (Wildman–Crippen MR) is 135 cm³/mol. The Morgan fingerprint density at radius 2 is 2.00 bits per heavy atom. The number of amides is 3. The summed E-state index contributed by atoms with van der Waals surface area (Å²) in [5, 5.41) is 18.0. The molecule has 2 unspecified atom stereocenters. The van der Waals surface area contributed by atoms with E-state index in [1.165, 1.54) is 47.8 Å². The molecule has 0 saturated carbocycles. The Hall–Kier alpha value is -3.61. The quantitative estimate of drug-likeness (QED) is 0.301. The van der Waals surface area contributed by atoms with Gasteiger partial charge in [-0.15, -0.1) is 0 Å². The number of rotatable bonds is 9. The van der Waals surface area contributed by atoms with Gasteiger partial charge < -0.3 is 31.7 Å². The van der Waals surface area contributed by atoms with E-state index in [0.29, 0.717) is 18.2 Å². The zero-order valence-corrected chi connectivity index (χ0v) is 20.5. The van der Waals surface area contributed by atoms with E-state index in [4.69, 9.17) is 5.73 Å². The van der Waals surface area contributed by atoms with Crippen LogP contribution in [0.1, 0.15) is 30.1 Å². The number of hydrogen-bond acceptors (Lipinski definition) is 8. The average Bonchev–Trinajstić information content (AvgIpc) is 2.88. The number of piperidine rings is 1. The predicted octanol–water partition coefficient (Wildman–Crippen LogP) is -0.716. The summed E-state index contributed by atoms with van der Waals surface area (Å²) in [6, 6.07) is 7.58. The molecule has 1 aliphatic rings. The molecule has 12 heteroatoms. The van der Waals surface area contributed by atoms with Crippen molar-refractivity contribution in [1.29, 1.82) is 0 Å². The third kappa shape index (κ3) is 6.97. The van der Waals surface area contributed by atoms with Crippen LogP contribution >= 0.6 is 0 Å². The van der Waals surface area contributed by atoms with Crippen LogP contribution in [0.4, 0.5) is 11.5 Å². The number of aliphatic hydroxyl groups excluding tert-OH is 1. The summed E-state index contributed by atoms with van der Waals surface area (Å²) < 4.78 is 1.17. The molecule has 6 N–H and O–H groups in total. The largest absolute Gasteiger partial charge is 0.394 e. The lowest BCUT2D eigenvalue weighted by Gasteiger charge is -2.27. The Morgan fingerprint density at radius 3 is 2.61 bits per heavy atom. The van der Waals surface area contributed by atoms with Gasteiger partial charge in [-0.05, 0) is 69.1 Å². The first-order chi connectivity index (χ1) is 17.1. The van der Waals surface area contributed by atoms with E-state index in [1.807, 2.05) is 0 Å². The van der Waals surface area contributed by atoms with E-state index in [0.717, 1.165) is 25.9 Å². The molecule has 0 aliphatic carbocycles. The zero-order chi connectivity index (χ0) is 26.3. The number of carbonyl (C=O) groups is 3. The van der Waals surface area contributed by atoms with Gasteiger partial charge in [0.2, 0.25) is 11.8 Å². The molecule has 1 aromatic carbocycles. The standard InChI is InChI=1S/C24H33N7O5/c1-24(25,15-32)22(35)30(2)18-7-5-17(6-8-18)21(34)28-19-9-11-31(23(36)29-19)14-20(33)27-13-16-4-3-10-26-12-16/h5-9,11,16,26,32H,3-4,10,12-15,25H2,1-2H3,(H,27,33)(H,28,29,34,36). The molecule has 2 heterocycles. The number of benzene rings is 1. The molecule has 2 aromatic rings. The van der Waals surface area contributed by atoms with Crippen LogP contribution < -0.4 is 32.3 Å². The van der Waals surface area contributed by atoms with Gasteiger partial charge in [-0.3, -0.25) is 19.0 Å². The summed E-state index contributed by atoms with van der Waals surface area (Å²) in [5.41, 5.74) is 4.47. The molecule has 0 radical (unpaired) electrons. The minimum atomic E-state index is -1.43. The molecule has 0 bridgehead atoms. The summed E-state index contributed by atoms with van der Waals surface area (Å²) in [6.45, 7) is 3.17. The molecule has 1 aromatic heterocycles. The van der Waals surface area contributed by atoms with Gasteiger partial charge >= 0.3 is 5.69 Å². The van der Waals surface area contributed by atoms with Crippen LogP contribution in [0.3, 0.4) is 0 Å². The lowest BCUT2D eigenvalue weighted by Crippen LogP contribution is -2.54. The Bertz CT molecular complexity index is 1140. The van der Waals surface area contributed by atoms with Crippen LogP contribution in [0.5, 0.6) is 0 Å². The molecule has 3 amide bonds. The van der Waals surface area contributed by atoms with Gasteiger partial charge in [0.25, 0.3) is 5.91 Å². The Balaban J connectivity index is 1.56. The lowest BCUT2D eigenvalue weighted by atomic mass is 10.00. The van der Waals surface area contributed by atoms with E-state index >= 15 is 0 Å². The van der Waals surface area contributed by atoms with E-state index in [-0.39, 0.29) is 23.8 Å². The molecule has 1 saturated heterocycles. The van der Waals surface area contributed by atoms with Crippen molar-refractivity contribution in [3.63, 3.8) is 0 Å². The highest BCUT2D eigenvalue weighted by atomic mass is 16.3. The van der Waals surface area contributed by atoms with Crippen LogP contribution in [-0.2, 0) is 16.1 Å². The van der Waals surface area contributed by atoms with Gasteiger partial charge in [0.15, 0.2) is 0 Å². The molecular weight excluding hydrogens is 466 g/mol. The molecule has 194 valence electrons. The molecule has 0 spiro atoms. The maximum absolute atomic E-state index is 12.6. The molecule has 1 aliphatic heterocycles. The highest BCUT2D eigenvalue weighted by Gasteiger charge is 2.31. The monoisotopic (exact) mass is 499 g/mol. The lowest BCUT2D eigenvalue weighted by molar-refractivity contribution is -0.124. The summed E-state index contributed by atoms with van der Waals surface area (Å²) in [7, 11) is 1.52. The average molecular weight is 500 g/mol. The second-order valence-electron chi connectivity index (χ2n) is 9.18. The van der Waals surface area contributed by atoms with Gasteiger partial charge in [-0.1, -0.05) is 0 Å². The van der Waals surface area contributed by atoms with Crippen molar-refractivity contribution in [1.82, 2.24) is 20.2 Å². The van der Waals surface area contributed by atoms with E-state index < -0.39 is 29.6 Å². The minimum absolute atomic E-state index is 0.0492. The molecule has 36 heavy (non-hydrogen) atoms. The third-order valence-corrected chi connectivity index (χ3v) is 6.05. The van der Waals surface area contributed by atoms with Gasteiger partial charge in [0.05, 0.1) is 6.61 Å². The first kappa shape index (κ1) is 27.0. The molecular formula is C24H33N7O5. The number of carbonyl (C=O) groups excluding carboxylic acids is 3. The fourth-order valence-electron chi connectivity index (χ4n) is 3.78. The highest BCUT2D eigenvalue weighted by Crippen LogP contribution is 2.17. The number of likely N-dealkylation sites (N-methyl/N-ethyl adjacent to an activating group) is 1. The van der Waals surface area contributed by atoms with E-state index in [2.05, 4.69) is 20.9 Å². The molecule has 1 fully saturated rings.